The summed E-state index contributed by atoms with van der Waals surface area (Å²) in [6, 6.07) is 14.3. The molecule has 1 aliphatic heterocycles. The van der Waals surface area contributed by atoms with Crippen LogP contribution in [-0.4, -0.2) is 31.7 Å². The largest absolute Gasteiger partial charge is 0.346 e. The Morgan fingerprint density at radius 3 is 2.39 bits per heavy atom. The summed E-state index contributed by atoms with van der Waals surface area (Å²) < 4.78 is 27.6. The van der Waals surface area contributed by atoms with E-state index in [0.29, 0.717) is 24.6 Å². The van der Waals surface area contributed by atoms with Gasteiger partial charge in [0.15, 0.2) is 0 Å². The minimum Gasteiger partial charge on any atom is -0.346 e. The lowest BCUT2D eigenvalue weighted by molar-refractivity contribution is 0.0939. The second-order valence-corrected chi connectivity index (χ2v) is 9.61. The number of hydrogen-bond donors (Lipinski definition) is 1. The number of carbonyl (C=O) groups excluding carboxylic acids is 1. The summed E-state index contributed by atoms with van der Waals surface area (Å²) in [5, 5.41) is 2.97. The van der Waals surface area contributed by atoms with Crippen LogP contribution >= 0.6 is 0 Å². The third kappa shape index (κ3) is 4.45. The Bertz CT molecular complexity index is 934. The Hall–Kier alpha value is -2.18. The SMILES string of the molecule is Cc1ccc(S(=O)(=O)N2CCC(C)CC2)cc1C(=O)N[C@@H](C)c1ccccc1. The van der Waals surface area contributed by atoms with Crippen LogP contribution in [0.1, 0.15) is 54.2 Å². The van der Waals surface area contributed by atoms with E-state index in [9.17, 15) is 13.2 Å². The van der Waals surface area contributed by atoms with Crippen molar-refractivity contribution in [1.82, 2.24) is 9.62 Å². The molecule has 2 aromatic rings. The molecule has 1 heterocycles. The van der Waals surface area contributed by atoms with Gasteiger partial charge in [-0.25, -0.2) is 8.42 Å². The van der Waals surface area contributed by atoms with Crippen molar-refractivity contribution in [3.8, 4) is 0 Å². The van der Waals surface area contributed by atoms with E-state index in [4.69, 9.17) is 0 Å². The van der Waals surface area contributed by atoms with E-state index in [-0.39, 0.29) is 16.8 Å². The molecule has 0 aromatic heterocycles. The number of piperidine rings is 1. The highest BCUT2D eigenvalue weighted by Gasteiger charge is 2.29. The van der Waals surface area contributed by atoms with Gasteiger partial charge in [0, 0.05) is 18.7 Å². The van der Waals surface area contributed by atoms with Crippen molar-refractivity contribution in [2.45, 2.75) is 44.6 Å². The van der Waals surface area contributed by atoms with Crippen LogP contribution in [0, 0.1) is 12.8 Å². The van der Waals surface area contributed by atoms with Crippen molar-refractivity contribution in [2.75, 3.05) is 13.1 Å². The molecule has 1 N–H and O–H groups in total. The molecule has 1 fully saturated rings. The molecule has 0 spiro atoms. The number of hydrogen-bond acceptors (Lipinski definition) is 3. The van der Waals surface area contributed by atoms with Crippen molar-refractivity contribution in [2.24, 2.45) is 5.92 Å². The van der Waals surface area contributed by atoms with Crippen molar-refractivity contribution in [3.63, 3.8) is 0 Å². The van der Waals surface area contributed by atoms with Gasteiger partial charge < -0.3 is 5.32 Å². The molecule has 2 aromatic carbocycles. The summed E-state index contributed by atoms with van der Waals surface area (Å²) in [5.74, 6) is 0.281. The Morgan fingerprint density at radius 1 is 1.11 bits per heavy atom. The molecule has 0 radical (unpaired) electrons. The highest BCUT2D eigenvalue weighted by molar-refractivity contribution is 7.89. The minimum atomic E-state index is -3.59. The van der Waals surface area contributed by atoms with E-state index in [1.165, 1.54) is 10.4 Å². The van der Waals surface area contributed by atoms with Crippen LogP contribution in [-0.2, 0) is 10.0 Å². The standard InChI is InChI=1S/C22H28N2O3S/c1-16-11-13-24(14-12-16)28(26,27)20-10-9-17(2)21(15-20)22(25)23-18(3)19-7-5-4-6-8-19/h4-10,15-16,18H,11-14H2,1-3H3,(H,23,25)/t18-/m0/s1. The maximum atomic E-state index is 13.0. The molecular weight excluding hydrogens is 372 g/mol. The van der Waals surface area contributed by atoms with Crippen molar-refractivity contribution >= 4 is 15.9 Å². The Kier molecular flexibility index (Phi) is 6.20. The van der Waals surface area contributed by atoms with Gasteiger partial charge in [-0.2, -0.15) is 4.31 Å². The third-order valence-corrected chi connectivity index (χ3v) is 7.38. The summed E-state index contributed by atoms with van der Waals surface area (Å²) >= 11 is 0. The van der Waals surface area contributed by atoms with Crippen LogP contribution < -0.4 is 5.32 Å². The molecule has 1 saturated heterocycles. The summed E-state index contributed by atoms with van der Waals surface area (Å²) in [6.07, 6.45) is 1.74. The van der Waals surface area contributed by atoms with E-state index >= 15 is 0 Å². The predicted molar refractivity (Wildman–Crippen MR) is 111 cm³/mol. The summed E-state index contributed by atoms with van der Waals surface area (Å²) in [6.45, 7) is 6.94. The monoisotopic (exact) mass is 400 g/mol. The van der Waals surface area contributed by atoms with Gasteiger partial charge in [0.2, 0.25) is 10.0 Å². The van der Waals surface area contributed by atoms with Gasteiger partial charge >= 0.3 is 0 Å². The first kappa shape index (κ1) is 20.6. The van der Waals surface area contributed by atoms with E-state index in [1.807, 2.05) is 44.2 Å². The number of carbonyl (C=O) groups is 1. The molecule has 0 unspecified atom stereocenters. The summed E-state index contributed by atoms with van der Waals surface area (Å²) in [4.78, 5) is 13.0. The normalized spacial score (nSPS) is 17.2. The fraction of sp³-hybridized carbons (Fsp3) is 0.409. The maximum absolute atomic E-state index is 13.0. The van der Waals surface area contributed by atoms with Crippen molar-refractivity contribution < 1.29 is 13.2 Å². The van der Waals surface area contributed by atoms with Gasteiger partial charge in [0.05, 0.1) is 10.9 Å². The van der Waals surface area contributed by atoms with Crippen LogP contribution in [0.2, 0.25) is 0 Å². The lowest BCUT2D eigenvalue weighted by atomic mass is 10.0. The molecule has 28 heavy (non-hydrogen) atoms. The molecule has 1 atom stereocenters. The molecule has 0 saturated carbocycles. The quantitative estimate of drug-likeness (QED) is 0.828. The molecule has 6 heteroatoms. The second-order valence-electron chi connectivity index (χ2n) is 7.67. The topological polar surface area (TPSA) is 66.5 Å². The smallest absolute Gasteiger partial charge is 0.252 e. The third-order valence-electron chi connectivity index (χ3n) is 5.48. The molecule has 5 nitrogen and oxygen atoms in total. The maximum Gasteiger partial charge on any atom is 0.252 e. The molecular formula is C22H28N2O3S. The molecule has 0 bridgehead atoms. The van der Waals surface area contributed by atoms with Gasteiger partial charge in [0.1, 0.15) is 0 Å². The van der Waals surface area contributed by atoms with Crippen LogP contribution in [0.4, 0.5) is 0 Å². The van der Waals surface area contributed by atoms with Crippen LogP contribution in [0.5, 0.6) is 0 Å². The summed E-state index contributed by atoms with van der Waals surface area (Å²) in [7, 11) is -3.59. The zero-order valence-electron chi connectivity index (χ0n) is 16.7. The zero-order chi connectivity index (χ0) is 20.3. The lowest BCUT2D eigenvalue weighted by Crippen LogP contribution is -2.38. The van der Waals surface area contributed by atoms with Gasteiger partial charge in [-0.1, -0.05) is 43.3 Å². The highest BCUT2D eigenvalue weighted by Crippen LogP contribution is 2.25. The van der Waals surface area contributed by atoms with Gasteiger partial charge in [-0.05, 0) is 55.9 Å². The van der Waals surface area contributed by atoms with Gasteiger partial charge in [-0.3, -0.25) is 4.79 Å². The lowest BCUT2D eigenvalue weighted by Gasteiger charge is -2.29. The average Bonchev–Trinajstić information content (AvgIpc) is 2.69. The van der Waals surface area contributed by atoms with E-state index in [2.05, 4.69) is 12.2 Å². The minimum absolute atomic E-state index is 0.169. The average molecular weight is 401 g/mol. The van der Waals surface area contributed by atoms with Crippen LogP contribution in [0.3, 0.4) is 0 Å². The molecule has 1 amide bonds. The number of amides is 1. The fourth-order valence-electron chi connectivity index (χ4n) is 3.48. The molecule has 150 valence electrons. The van der Waals surface area contributed by atoms with Crippen LogP contribution in [0.25, 0.3) is 0 Å². The van der Waals surface area contributed by atoms with Gasteiger partial charge in [0.25, 0.3) is 5.91 Å². The van der Waals surface area contributed by atoms with Gasteiger partial charge in [-0.15, -0.1) is 0 Å². The first-order chi connectivity index (χ1) is 13.3. The number of sulfonamides is 1. The fourth-order valence-corrected chi connectivity index (χ4v) is 4.98. The number of rotatable bonds is 5. The Morgan fingerprint density at radius 2 is 1.75 bits per heavy atom. The summed E-state index contributed by atoms with van der Waals surface area (Å²) in [5.41, 5.74) is 2.15. The Balaban J connectivity index is 1.82. The molecule has 0 aliphatic carbocycles. The number of aryl methyl sites for hydroxylation is 1. The first-order valence-corrected chi connectivity index (χ1v) is 11.2. The van der Waals surface area contributed by atoms with E-state index in [0.717, 1.165) is 24.0 Å². The highest BCUT2D eigenvalue weighted by atomic mass is 32.2. The number of nitrogens with one attached hydrogen (secondary N) is 1. The van der Waals surface area contributed by atoms with Crippen molar-refractivity contribution in [3.05, 3.63) is 65.2 Å². The first-order valence-electron chi connectivity index (χ1n) is 9.75. The molecule has 1 aliphatic rings. The molecule has 3 rings (SSSR count). The van der Waals surface area contributed by atoms with Crippen LogP contribution in [0.15, 0.2) is 53.4 Å². The predicted octanol–water partition coefficient (Wildman–Crippen LogP) is 3.91. The second kappa shape index (κ2) is 8.45. The van der Waals surface area contributed by atoms with E-state index in [1.54, 1.807) is 12.1 Å². The zero-order valence-corrected chi connectivity index (χ0v) is 17.5. The number of nitrogens with zero attached hydrogens (tertiary/aromatic N) is 1. The number of benzene rings is 2. The van der Waals surface area contributed by atoms with E-state index < -0.39 is 10.0 Å². The van der Waals surface area contributed by atoms with Crippen molar-refractivity contribution in [1.29, 1.82) is 0 Å². The Labute approximate surface area is 167 Å².